The lowest BCUT2D eigenvalue weighted by molar-refractivity contribution is 0.0858. The summed E-state index contributed by atoms with van der Waals surface area (Å²) >= 11 is 0. The van der Waals surface area contributed by atoms with Gasteiger partial charge in [-0.25, -0.2) is 15.0 Å². The van der Waals surface area contributed by atoms with Gasteiger partial charge >= 0.3 is 0 Å². The summed E-state index contributed by atoms with van der Waals surface area (Å²) in [6, 6.07) is 5.51. The number of nitrogens with one attached hydrogen (secondary N) is 2. The summed E-state index contributed by atoms with van der Waals surface area (Å²) in [5.74, 6) is 1.95. The lowest BCUT2D eigenvalue weighted by Gasteiger charge is -2.25. The molecule has 1 unspecified atom stereocenters. The van der Waals surface area contributed by atoms with Crippen LogP contribution in [0.25, 0.3) is 0 Å². The Kier molecular flexibility index (Phi) is 4.99. The first kappa shape index (κ1) is 14.5. The Labute approximate surface area is 129 Å². The van der Waals surface area contributed by atoms with Crippen LogP contribution in [0.15, 0.2) is 36.8 Å². The molecule has 7 heteroatoms. The fourth-order valence-corrected chi connectivity index (χ4v) is 2.13. The number of anilines is 1. The molecule has 7 nitrogen and oxygen atoms in total. The Morgan fingerprint density at radius 3 is 2.86 bits per heavy atom. The van der Waals surface area contributed by atoms with Gasteiger partial charge in [0.2, 0.25) is 5.95 Å². The summed E-state index contributed by atoms with van der Waals surface area (Å²) in [7, 11) is 0. The second-order valence-corrected chi connectivity index (χ2v) is 4.91. The highest BCUT2D eigenvalue weighted by atomic mass is 16.6. The van der Waals surface area contributed by atoms with E-state index in [0.29, 0.717) is 24.2 Å². The normalized spacial score (nSPS) is 16.3. The quantitative estimate of drug-likeness (QED) is 0.741. The molecule has 0 spiro atoms. The molecule has 0 aromatic carbocycles. The minimum Gasteiger partial charge on any atom is -0.480 e. The van der Waals surface area contributed by atoms with E-state index in [4.69, 9.17) is 9.47 Å². The van der Waals surface area contributed by atoms with Crippen LogP contribution in [-0.2, 0) is 0 Å². The van der Waals surface area contributed by atoms with Crippen LogP contribution in [0.4, 0.5) is 5.95 Å². The molecule has 1 aliphatic rings. The maximum atomic E-state index is 5.82. The van der Waals surface area contributed by atoms with E-state index in [0.717, 1.165) is 26.1 Å². The molecule has 0 saturated heterocycles. The fraction of sp³-hybridized carbons (Fsp3) is 0.400. The molecule has 3 heterocycles. The zero-order valence-corrected chi connectivity index (χ0v) is 12.2. The van der Waals surface area contributed by atoms with E-state index in [1.54, 1.807) is 24.7 Å². The van der Waals surface area contributed by atoms with Crippen molar-refractivity contribution in [2.45, 2.75) is 12.5 Å². The molecular weight excluding hydrogens is 282 g/mol. The zero-order chi connectivity index (χ0) is 15.0. The molecule has 2 aromatic heterocycles. The van der Waals surface area contributed by atoms with Crippen LogP contribution >= 0.6 is 0 Å². The number of pyridine rings is 1. The van der Waals surface area contributed by atoms with Gasteiger partial charge in [-0.15, -0.1) is 0 Å². The van der Waals surface area contributed by atoms with E-state index >= 15 is 0 Å². The van der Waals surface area contributed by atoms with Crippen molar-refractivity contribution in [1.29, 1.82) is 0 Å². The molecule has 116 valence electrons. The van der Waals surface area contributed by atoms with Gasteiger partial charge in [-0.3, -0.25) is 0 Å². The molecule has 2 N–H and O–H groups in total. The van der Waals surface area contributed by atoms with Crippen LogP contribution in [0.2, 0.25) is 0 Å². The number of ether oxygens (including phenoxy) is 2. The number of hydrogen-bond donors (Lipinski definition) is 2. The van der Waals surface area contributed by atoms with Gasteiger partial charge in [0.05, 0.1) is 0 Å². The minimum atomic E-state index is 0.0158. The average Bonchev–Trinajstić information content (AvgIpc) is 2.59. The monoisotopic (exact) mass is 301 g/mol. The number of rotatable bonds is 7. The molecule has 0 amide bonds. The molecule has 0 fully saturated rings. The van der Waals surface area contributed by atoms with E-state index in [1.807, 2.05) is 12.1 Å². The predicted molar refractivity (Wildman–Crippen MR) is 82.2 cm³/mol. The standard InChI is InChI=1S/C15H19N5O2/c1-4-13-14(17-6-1)21-11-12(22-13)10-16-5-2-7-18-15-19-8-3-9-20-15/h1,3-4,6,8-9,12,16H,2,5,7,10-11H2,(H,18,19,20). The number of fused-ring (bicyclic) bond motifs is 1. The summed E-state index contributed by atoms with van der Waals surface area (Å²) in [5.41, 5.74) is 0. The first-order valence-corrected chi connectivity index (χ1v) is 7.38. The minimum absolute atomic E-state index is 0.0158. The molecule has 22 heavy (non-hydrogen) atoms. The lowest BCUT2D eigenvalue weighted by atomic mass is 10.3. The third-order valence-electron chi connectivity index (χ3n) is 3.19. The van der Waals surface area contributed by atoms with Crippen molar-refractivity contribution in [3.63, 3.8) is 0 Å². The molecule has 0 saturated carbocycles. The molecule has 0 radical (unpaired) electrons. The Balaban J connectivity index is 1.30. The maximum absolute atomic E-state index is 5.82. The molecule has 0 bridgehead atoms. The van der Waals surface area contributed by atoms with Crippen molar-refractivity contribution in [1.82, 2.24) is 20.3 Å². The second-order valence-electron chi connectivity index (χ2n) is 4.91. The molecule has 1 aliphatic heterocycles. The smallest absolute Gasteiger partial charge is 0.257 e. The van der Waals surface area contributed by atoms with E-state index in [-0.39, 0.29) is 6.10 Å². The molecule has 1 atom stereocenters. The van der Waals surface area contributed by atoms with Crippen LogP contribution in [0.1, 0.15) is 6.42 Å². The maximum Gasteiger partial charge on any atom is 0.257 e. The van der Waals surface area contributed by atoms with E-state index in [9.17, 15) is 0 Å². The van der Waals surface area contributed by atoms with Crippen LogP contribution in [0.3, 0.4) is 0 Å². The van der Waals surface area contributed by atoms with Gasteiger partial charge in [0, 0.05) is 31.7 Å². The van der Waals surface area contributed by atoms with Gasteiger partial charge < -0.3 is 20.1 Å². The van der Waals surface area contributed by atoms with Gasteiger partial charge in [-0.2, -0.15) is 0 Å². The molecular formula is C15H19N5O2. The third kappa shape index (κ3) is 4.05. The van der Waals surface area contributed by atoms with Crippen molar-refractivity contribution in [2.75, 3.05) is 31.6 Å². The fourth-order valence-electron chi connectivity index (χ4n) is 2.13. The zero-order valence-electron chi connectivity index (χ0n) is 12.2. The Morgan fingerprint density at radius 1 is 1.09 bits per heavy atom. The Morgan fingerprint density at radius 2 is 1.95 bits per heavy atom. The number of nitrogens with zero attached hydrogens (tertiary/aromatic N) is 3. The van der Waals surface area contributed by atoms with Crippen molar-refractivity contribution in [2.24, 2.45) is 0 Å². The Bertz CT molecular complexity index is 581. The molecule has 2 aromatic rings. The summed E-state index contributed by atoms with van der Waals surface area (Å²) in [5, 5.41) is 6.54. The second kappa shape index (κ2) is 7.56. The summed E-state index contributed by atoms with van der Waals surface area (Å²) in [4.78, 5) is 12.3. The van der Waals surface area contributed by atoms with Crippen LogP contribution < -0.4 is 20.1 Å². The average molecular weight is 301 g/mol. The third-order valence-corrected chi connectivity index (χ3v) is 3.19. The predicted octanol–water partition coefficient (Wildman–Crippen LogP) is 1.10. The summed E-state index contributed by atoms with van der Waals surface area (Å²) < 4.78 is 11.4. The first-order valence-electron chi connectivity index (χ1n) is 7.38. The van der Waals surface area contributed by atoms with Crippen molar-refractivity contribution in [3.8, 4) is 11.6 Å². The van der Waals surface area contributed by atoms with Crippen molar-refractivity contribution in [3.05, 3.63) is 36.8 Å². The van der Waals surface area contributed by atoms with Gasteiger partial charge in [0.25, 0.3) is 5.88 Å². The van der Waals surface area contributed by atoms with Crippen molar-refractivity contribution >= 4 is 5.95 Å². The van der Waals surface area contributed by atoms with Crippen molar-refractivity contribution < 1.29 is 9.47 Å². The first-order chi connectivity index (χ1) is 10.9. The topological polar surface area (TPSA) is 81.2 Å². The highest BCUT2D eigenvalue weighted by Gasteiger charge is 2.20. The number of aromatic nitrogens is 3. The van der Waals surface area contributed by atoms with Gasteiger partial charge in [-0.05, 0) is 31.2 Å². The lowest BCUT2D eigenvalue weighted by Crippen LogP contribution is -2.39. The molecule has 0 aliphatic carbocycles. The molecule has 3 rings (SSSR count). The van der Waals surface area contributed by atoms with Crippen LogP contribution in [-0.4, -0.2) is 47.3 Å². The highest BCUT2D eigenvalue weighted by Crippen LogP contribution is 2.27. The van der Waals surface area contributed by atoms with Gasteiger partial charge in [-0.1, -0.05) is 0 Å². The Hall–Kier alpha value is -2.41. The largest absolute Gasteiger partial charge is 0.480 e. The van der Waals surface area contributed by atoms with E-state index in [2.05, 4.69) is 25.6 Å². The van der Waals surface area contributed by atoms with Gasteiger partial charge in [0.1, 0.15) is 12.7 Å². The summed E-state index contributed by atoms with van der Waals surface area (Å²) in [6.45, 7) is 2.98. The summed E-state index contributed by atoms with van der Waals surface area (Å²) in [6.07, 6.45) is 6.14. The number of hydrogen-bond acceptors (Lipinski definition) is 7. The van der Waals surface area contributed by atoms with Gasteiger partial charge in [0.15, 0.2) is 5.75 Å². The van der Waals surface area contributed by atoms with Crippen LogP contribution in [0.5, 0.6) is 11.6 Å². The highest BCUT2D eigenvalue weighted by molar-refractivity contribution is 5.34. The SMILES string of the molecule is c1cnc(NCCCNCC2COc3ncccc3O2)nc1. The van der Waals surface area contributed by atoms with Crippen LogP contribution in [0, 0.1) is 0 Å². The van der Waals surface area contributed by atoms with E-state index < -0.39 is 0 Å². The van der Waals surface area contributed by atoms with E-state index in [1.165, 1.54) is 0 Å².